The highest BCUT2D eigenvalue weighted by molar-refractivity contribution is 7.93. The van der Waals surface area contributed by atoms with Crippen molar-refractivity contribution in [2.45, 2.75) is 37.5 Å². The molecule has 0 atom stereocenters. The molecule has 2 rings (SSSR count). The van der Waals surface area contributed by atoms with Crippen molar-refractivity contribution in [1.29, 1.82) is 0 Å². The van der Waals surface area contributed by atoms with Gasteiger partial charge in [0.2, 0.25) is 10.0 Å². The Kier molecular flexibility index (Phi) is 3.63. The van der Waals surface area contributed by atoms with E-state index in [4.69, 9.17) is 5.73 Å². The summed E-state index contributed by atoms with van der Waals surface area (Å²) in [4.78, 5) is 4.04. The molecule has 6 heteroatoms. The molecule has 1 aromatic rings. The highest BCUT2D eigenvalue weighted by atomic mass is 32.2. The van der Waals surface area contributed by atoms with Crippen LogP contribution in [0.3, 0.4) is 0 Å². The van der Waals surface area contributed by atoms with E-state index in [-0.39, 0.29) is 5.25 Å². The van der Waals surface area contributed by atoms with Crippen LogP contribution in [-0.2, 0) is 16.6 Å². The molecule has 0 unspecified atom stereocenters. The lowest BCUT2D eigenvalue weighted by Gasteiger charge is -2.12. The van der Waals surface area contributed by atoms with E-state index in [0.29, 0.717) is 12.4 Å². The van der Waals surface area contributed by atoms with Gasteiger partial charge in [-0.1, -0.05) is 18.9 Å². The van der Waals surface area contributed by atoms with Crippen LogP contribution < -0.4 is 10.5 Å². The molecule has 5 nitrogen and oxygen atoms in total. The molecule has 1 fully saturated rings. The molecule has 1 saturated carbocycles. The van der Waals surface area contributed by atoms with Gasteiger partial charge in [-0.15, -0.1) is 0 Å². The van der Waals surface area contributed by atoms with E-state index < -0.39 is 10.0 Å². The standard InChI is InChI=1S/C11H17N3O2S/c12-7-9-5-6-11(13-8-9)14-17(15,16)10-3-1-2-4-10/h5-6,8,10H,1-4,7,12H2,(H,13,14). The molecular weight excluding hydrogens is 238 g/mol. The van der Waals surface area contributed by atoms with Crippen molar-refractivity contribution < 1.29 is 8.42 Å². The van der Waals surface area contributed by atoms with Crippen molar-refractivity contribution in [1.82, 2.24) is 4.98 Å². The van der Waals surface area contributed by atoms with Gasteiger partial charge in [0.1, 0.15) is 5.82 Å². The van der Waals surface area contributed by atoms with Gasteiger partial charge in [0.25, 0.3) is 0 Å². The fourth-order valence-corrected chi connectivity index (χ4v) is 3.57. The molecule has 0 radical (unpaired) electrons. The second kappa shape index (κ2) is 5.01. The minimum Gasteiger partial charge on any atom is -0.326 e. The van der Waals surface area contributed by atoms with Crippen molar-refractivity contribution in [3.63, 3.8) is 0 Å². The fraction of sp³-hybridized carbons (Fsp3) is 0.545. The Balaban J connectivity index is 2.08. The van der Waals surface area contributed by atoms with Crippen molar-refractivity contribution in [2.24, 2.45) is 5.73 Å². The highest BCUT2D eigenvalue weighted by Crippen LogP contribution is 2.25. The van der Waals surface area contributed by atoms with Gasteiger partial charge in [-0.3, -0.25) is 4.72 Å². The first-order valence-electron chi connectivity index (χ1n) is 5.78. The summed E-state index contributed by atoms with van der Waals surface area (Å²) in [6.07, 6.45) is 5.06. The number of nitrogens with two attached hydrogens (primary N) is 1. The zero-order chi connectivity index (χ0) is 12.3. The maximum absolute atomic E-state index is 12.0. The van der Waals surface area contributed by atoms with Crippen LogP contribution in [0.15, 0.2) is 18.3 Å². The molecule has 0 saturated heterocycles. The molecule has 0 amide bonds. The van der Waals surface area contributed by atoms with E-state index in [1.54, 1.807) is 18.3 Å². The van der Waals surface area contributed by atoms with Crippen LogP contribution in [0, 0.1) is 0 Å². The van der Waals surface area contributed by atoms with Crippen LogP contribution in [-0.4, -0.2) is 18.7 Å². The number of nitrogens with zero attached hydrogens (tertiary/aromatic N) is 1. The van der Waals surface area contributed by atoms with Gasteiger partial charge in [-0.05, 0) is 24.5 Å². The SMILES string of the molecule is NCc1ccc(NS(=O)(=O)C2CCCC2)nc1. The summed E-state index contributed by atoms with van der Waals surface area (Å²) in [5, 5.41) is -0.265. The van der Waals surface area contributed by atoms with Gasteiger partial charge in [0, 0.05) is 12.7 Å². The Morgan fingerprint density at radius 3 is 2.59 bits per heavy atom. The summed E-state index contributed by atoms with van der Waals surface area (Å²) in [6.45, 7) is 0.405. The van der Waals surface area contributed by atoms with Crippen molar-refractivity contribution >= 4 is 15.8 Å². The Labute approximate surface area is 101 Å². The van der Waals surface area contributed by atoms with E-state index in [2.05, 4.69) is 9.71 Å². The molecular formula is C11H17N3O2S. The third-order valence-corrected chi connectivity index (χ3v) is 4.89. The average molecular weight is 255 g/mol. The van der Waals surface area contributed by atoms with Gasteiger partial charge >= 0.3 is 0 Å². The first-order chi connectivity index (χ1) is 8.12. The maximum atomic E-state index is 12.0. The molecule has 1 aromatic heterocycles. The van der Waals surface area contributed by atoms with Gasteiger partial charge in [0.05, 0.1) is 5.25 Å². The highest BCUT2D eigenvalue weighted by Gasteiger charge is 2.28. The zero-order valence-electron chi connectivity index (χ0n) is 9.59. The minimum atomic E-state index is -3.28. The molecule has 17 heavy (non-hydrogen) atoms. The molecule has 0 bridgehead atoms. The Morgan fingerprint density at radius 2 is 2.06 bits per heavy atom. The number of pyridine rings is 1. The number of hydrogen-bond acceptors (Lipinski definition) is 4. The molecule has 0 aliphatic heterocycles. The predicted molar refractivity (Wildman–Crippen MR) is 66.9 cm³/mol. The summed E-state index contributed by atoms with van der Waals surface area (Å²) < 4.78 is 26.5. The van der Waals surface area contributed by atoms with Crippen LogP contribution in [0.25, 0.3) is 0 Å². The normalized spacial score (nSPS) is 17.2. The fourth-order valence-electron chi connectivity index (χ4n) is 2.03. The summed E-state index contributed by atoms with van der Waals surface area (Å²) in [5.41, 5.74) is 6.33. The number of rotatable bonds is 4. The van der Waals surface area contributed by atoms with Crippen molar-refractivity contribution in [2.75, 3.05) is 4.72 Å². The van der Waals surface area contributed by atoms with Crippen LogP contribution in [0.5, 0.6) is 0 Å². The van der Waals surface area contributed by atoms with Crippen LogP contribution >= 0.6 is 0 Å². The second-order valence-corrected chi connectivity index (χ2v) is 6.27. The van der Waals surface area contributed by atoms with E-state index in [9.17, 15) is 8.42 Å². The van der Waals surface area contributed by atoms with Gasteiger partial charge < -0.3 is 5.73 Å². The Morgan fingerprint density at radius 1 is 1.35 bits per heavy atom. The van der Waals surface area contributed by atoms with E-state index in [1.165, 1.54) is 0 Å². The van der Waals surface area contributed by atoms with Crippen LogP contribution in [0.4, 0.5) is 5.82 Å². The third kappa shape index (κ3) is 2.95. The first kappa shape index (κ1) is 12.3. The maximum Gasteiger partial charge on any atom is 0.236 e. The summed E-state index contributed by atoms with van der Waals surface area (Å²) in [6, 6.07) is 3.42. The monoisotopic (exact) mass is 255 g/mol. The van der Waals surface area contributed by atoms with Gasteiger partial charge in [-0.2, -0.15) is 0 Å². The molecule has 1 aliphatic carbocycles. The number of anilines is 1. The summed E-state index contributed by atoms with van der Waals surface area (Å²) in [5.74, 6) is 0.370. The Bertz CT molecular complexity index is 464. The molecule has 0 aromatic carbocycles. The van der Waals surface area contributed by atoms with Crippen molar-refractivity contribution in [3.05, 3.63) is 23.9 Å². The van der Waals surface area contributed by atoms with E-state index in [1.807, 2.05) is 0 Å². The number of sulfonamides is 1. The zero-order valence-corrected chi connectivity index (χ0v) is 10.4. The second-order valence-electron chi connectivity index (χ2n) is 4.31. The quantitative estimate of drug-likeness (QED) is 0.847. The van der Waals surface area contributed by atoms with Crippen molar-refractivity contribution in [3.8, 4) is 0 Å². The minimum absolute atomic E-state index is 0.265. The third-order valence-electron chi connectivity index (χ3n) is 3.05. The number of hydrogen-bond donors (Lipinski definition) is 2. The van der Waals surface area contributed by atoms with E-state index >= 15 is 0 Å². The molecule has 0 spiro atoms. The van der Waals surface area contributed by atoms with E-state index in [0.717, 1.165) is 31.2 Å². The molecule has 1 aliphatic rings. The smallest absolute Gasteiger partial charge is 0.236 e. The topological polar surface area (TPSA) is 85.1 Å². The lowest BCUT2D eigenvalue weighted by molar-refractivity contribution is 0.585. The largest absolute Gasteiger partial charge is 0.326 e. The van der Waals surface area contributed by atoms with Crippen LogP contribution in [0.2, 0.25) is 0 Å². The molecule has 3 N–H and O–H groups in total. The molecule has 94 valence electrons. The number of nitrogens with one attached hydrogen (secondary N) is 1. The summed E-state index contributed by atoms with van der Waals surface area (Å²) >= 11 is 0. The van der Waals surface area contributed by atoms with Gasteiger partial charge in [-0.25, -0.2) is 13.4 Å². The predicted octanol–water partition coefficient (Wildman–Crippen LogP) is 1.22. The Hall–Kier alpha value is -1.14. The lowest BCUT2D eigenvalue weighted by atomic mass is 10.3. The van der Waals surface area contributed by atoms with Gasteiger partial charge in [0.15, 0.2) is 0 Å². The lowest BCUT2D eigenvalue weighted by Crippen LogP contribution is -2.25. The number of aromatic nitrogens is 1. The first-order valence-corrected chi connectivity index (χ1v) is 7.33. The summed E-state index contributed by atoms with van der Waals surface area (Å²) in [7, 11) is -3.28. The molecule has 1 heterocycles. The van der Waals surface area contributed by atoms with Crippen LogP contribution in [0.1, 0.15) is 31.2 Å². The average Bonchev–Trinajstić information content (AvgIpc) is 2.84.